The molecule has 1 heterocycles. The highest BCUT2D eigenvalue weighted by molar-refractivity contribution is 7.99. The van der Waals surface area contributed by atoms with Gasteiger partial charge in [0.25, 0.3) is 0 Å². The molecule has 0 saturated carbocycles. The average Bonchev–Trinajstić information content (AvgIpc) is 2.63. The smallest absolute Gasteiger partial charge is 0.0705 e. The summed E-state index contributed by atoms with van der Waals surface area (Å²) in [5, 5.41) is 21.2. The highest BCUT2D eigenvalue weighted by Gasteiger charge is 2.23. The standard InChI is InChI=1S/C10H21NO3S/c12-2-3-14-4-6-15-5-1-9-7-11-8-10(9)13/h9-13H,1-8H2. The van der Waals surface area contributed by atoms with Gasteiger partial charge in [0, 0.05) is 18.8 Å². The molecular formula is C10H21NO3S. The van der Waals surface area contributed by atoms with Crippen molar-refractivity contribution in [1.82, 2.24) is 5.32 Å². The van der Waals surface area contributed by atoms with Crippen LogP contribution in [-0.4, -0.2) is 60.7 Å². The van der Waals surface area contributed by atoms with Crippen molar-refractivity contribution in [3.8, 4) is 0 Å². The Morgan fingerprint density at radius 2 is 2.13 bits per heavy atom. The zero-order chi connectivity index (χ0) is 10.9. The molecule has 1 saturated heterocycles. The fraction of sp³-hybridized carbons (Fsp3) is 1.00. The van der Waals surface area contributed by atoms with Gasteiger partial charge in [0.2, 0.25) is 0 Å². The second-order valence-corrected chi connectivity index (χ2v) is 4.95. The molecule has 0 aliphatic carbocycles. The molecule has 5 heteroatoms. The molecule has 2 atom stereocenters. The van der Waals surface area contributed by atoms with E-state index >= 15 is 0 Å². The average molecular weight is 235 g/mol. The van der Waals surface area contributed by atoms with E-state index < -0.39 is 0 Å². The normalized spacial score (nSPS) is 26.0. The van der Waals surface area contributed by atoms with E-state index in [1.807, 2.05) is 11.8 Å². The molecule has 2 unspecified atom stereocenters. The first-order valence-electron chi connectivity index (χ1n) is 5.49. The minimum Gasteiger partial charge on any atom is -0.394 e. The number of hydrogen-bond acceptors (Lipinski definition) is 5. The van der Waals surface area contributed by atoms with Crippen molar-refractivity contribution < 1.29 is 14.9 Å². The maximum Gasteiger partial charge on any atom is 0.0705 e. The van der Waals surface area contributed by atoms with Crippen LogP contribution in [0.2, 0.25) is 0 Å². The van der Waals surface area contributed by atoms with E-state index in [-0.39, 0.29) is 12.7 Å². The van der Waals surface area contributed by atoms with Crippen LogP contribution in [0.5, 0.6) is 0 Å². The first kappa shape index (κ1) is 13.3. The molecular weight excluding hydrogens is 214 g/mol. The zero-order valence-electron chi connectivity index (χ0n) is 9.02. The molecule has 0 aromatic carbocycles. The number of ether oxygens (including phenoxy) is 1. The van der Waals surface area contributed by atoms with Crippen LogP contribution in [0.25, 0.3) is 0 Å². The van der Waals surface area contributed by atoms with Crippen LogP contribution >= 0.6 is 11.8 Å². The molecule has 1 fully saturated rings. The third-order valence-corrected chi connectivity index (χ3v) is 3.52. The van der Waals surface area contributed by atoms with Gasteiger partial charge in [-0.05, 0) is 18.1 Å². The van der Waals surface area contributed by atoms with Crippen molar-refractivity contribution >= 4 is 11.8 Å². The molecule has 0 radical (unpaired) electrons. The molecule has 90 valence electrons. The third kappa shape index (κ3) is 5.73. The molecule has 0 aromatic heterocycles. The van der Waals surface area contributed by atoms with Gasteiger partial charge >= 0.3 is 0 Å². The molecule has 1 rings (SSSR count). The Kier molecular flexibility index (Phi) is 7.38. The van der Waals surface area contributed by atoms with Crippen LogP contribution in [0.15, 0.2) is 0 Å². The summed E-state index contributed by atoms with van der Waals surface area (Å²) in [4.78, 5) is 0. The highest BCUT2D eigenvalue weighted by Crippen LogP contribution is 2.16. The Morgan fingerprint density at radius 3 is 2.80 bits per heavy atom. The largest absolute Gasteiger partial charge is 0.394 e. The molecule has 0 aromatic rings. The van der Waals surface area contributed by atoms with E-state index in [0.717, 1.165) is 31.0 Å². The lowest BCUT2D eigenvalue weighted by Gasteiger charge is -2.12. The number of hydrogen-bond donors (Lipinski definition) is 3. The van der Waals surface area contributed by atoms with E-state index in [0.29, 0.717) is 19.1 Å². The van der Waals surface area contributed by atoms with Gasteiger partial charge in [-0.15, -0.1) is 0 Å². The van der Waals surface area contributed by atoms with Gasteiger partial charge in [-0.25, -0.2) is 0 Å². The van der Waals surface area contributed by atoms with Crippen LogP contribution in [-0.2, 0) is 4.74 Å². The summed E-state index contributed by atoms with van der Waals surface area (Å²) in [6.07, 6.45) is 0.912. The SMILES string of the molecule is OCCOCCSCCC1CNCC1O. The van der Waals surface area contributed by atoms with Gasteiger partial charge in [0.15, 0.2) is 0 Å². The first-order valence-corrected chi connectivity index (χ1v) is 6.65. The van der Waals surface area contributed by atoms with Crippen LogP contribution < -0.4 is 5.32 Å². The lowest BCUT2D eigenvalue weighted by molar-refractivity contribution is 0.103. The summed E-state index contributed by atoms with van der Waals surface area (Å²) in [6, 6.07) is 0. The molecule has 0 spiro atoms. The van der Waals surface area contributed by atoms with Crippen LogP contribution in [0.3, 0.4) is 0 Å². The minimum atomic E-state index is -0.156. The predicted molar refractivity (Wildman–Crippen MR) is 62.2 cm³/mol. The second-order valence-electron chi connectivity index (χ2n) is 3.72. The van der Waals surface area contributed by atoms with Crippen molar-refractivity contribution in [1.29, 1.82) is 0 Å². The second kappa shape index (κ2) is 8.35. The van der Waals surface area contributed by atoms with Crippen molar-refractivity contribution in [2.75, 3.05) is 44.4 Å². The summed E-state index contributed by atoms with van der Waals surface area (Å²) < 4.78 is 5.14. The van der Waals surface area contributed by atoms with Gasteiger partial charge < -0.3 is 20.3 Å². The fourth-order valence-corrected chi connectivity index (χ4v) is 2.54. The number of β-amino-alcohol motifs (C(OH)–C–C–N with tert-alkyl or cyclic N) is 1. The van der Waals surface area contributed by atoms with Crippen LogP contribution in [0.4, 0.5) is 0 Å². The number of rotatable bonds is 8. The van der Waals surface area contributed by atoms with Gasteiger partial charge in [0.05, 0.1) is 25.9 Å². The van der Waals surface area contributed by atoms with Crippen molar-refractivity contribution in [2.24, 2.45) is 5.92 Å². The molecule has 3 N–H and O–H groups in total. The van der Waals surface area contributed by atoms with Gasteiger partial charge in [-0.1, -0.05) is 0 Å². The minimum absolute atomic E-state index is 0.102. The fourth-order valence-electron chi connectivity index (χ4n) is 1.63. The zero-order valence-corrected chi connectivity index (χ0v) is 9.84. The van der Waals surface area contributed by atoms with E-state index in [4.69, 9.17) is 9.84 Å². The maximum absolute atomic E-state index is 9.54. The Morgan fingerprint density at radius 1 is 1.27 bits per heavy atom. The Bertz CT molecular complexity index is 160. The van der Waals surface area contributed by atoms with Crippen molar-refractivity contribution in [3.05, 3.63) is 0 Å². The number of aliphatic hydroxyl groups is 2. The molecule has 0 bridgehead atoms. The number of aliphatic hydroxyl groups excluding tert-OH is 2. The van der Waals surface area contributed by atoms with E-state index in [1.165, 1.54) is 0 Å². The third-order valence-electron chi connectivity index (χ3n) is 2.54. The summed E-state index contributed by atoms with van der Waals surface area (Å²) in [7, 11) is 0. The highest BCUT2D eigenvalue weighted by atomic mass is 32.2. The van der Waals surface area contributed by atoms with Crippen LogP contribution in [0, 0.1) is 5.92 Å². The van der Waals surface area contributed by atoms with Crippen LogP contribution in [0.1, 0.15) is 6.42 Å². The lowest BCUT2D eigenvalue weighted by atomic mass is 10.0. The predicted octanol–water partition coefficient (Wildman–Crippen LogP) is -0.301. The summed E-state index contributed by atoms with van der Waals surface area (Å²) in [5.41, 5.74) is 0. The van der Waals surface area contributed by atoms with Crippen molar-refractivity contribution in [2.45, 2.75) is 12.5 Å². The Hall–Kier alpha value is 0.190. The van der Waals surface area contributed by atoms with Crippen molar-refractivity contribution in [3.63, 3.8) is 0 Å². The first-order chi connectivity index (χ1) is 7.34. The number of thioether (sulfide) groups is 1. The lowest BCUT2D eigenvalue weighted by Crippen LogP contribution is -2.18. The Balaban J connectivity index is 1.84. The van der Waals surface area contributed by atoms with Gasteiger partial charge in [0.1, 0.15) is 0 Å². The van der Waals surface area contributed by atoms with E-state index in [1.54, 1.807) is 0 Å². The molecule has 0 amide bonds. The molecule has 15 heavy (non-hydrogen) atoms. The van der Waals surface area contributed by atoms with E-state index in [2.05, 4.69) is 5.32 Å². The van der Waals surface area contributed by atoms with E-state index in [9.17, 15) is 5.11 Å². The summed E-state index contributed by atoms with van der Waals surface area (Å²) >= 11 is 1.85. The monoisotopic (exact) mass is 235 g/mol. The number of nitrogens with one attached hydrogen (secondary N) is 1. The van der Waals surface area contributed by atoms with Gasteiger partial charge in [-0.2, -0.15) is 11.8 Å². The molecule has 1 aliphatic heterocycles. The summed E-state index contributed by atoms with van der Waals surface area (Å²) in [5.74, 6) is 2.47. The summed E-state index contributed by atoms with van der Waals surface area (Å²) in [6.45, 7) is 2.94. The maximum atomic E-state index is 9.54. The quantitative estimate of drug-likeness (QED) is 0.504. The topological polar surface area (TPSA) is 61.7 Å². The molecule has 1 aliphatic rings. The van der Waals surface area contributed by atoms with Gasteiger partial charge in [-0.3, -0.25) is 0 Å². The molecule has 4 nitrogen and oxygen atoms in total. The Labute approximate surface area is 95.4 Å².